The van der Waals surface area contributed by atoms with Crippen LogP contribution in [0.15, 0.2) is 18.2 Å². The Kier molecular flexibility index (Phi) is 5.09. The molecular formula is C21H24F2N4O3. The van der Waals surface area contributed by atoms with Crippen LogP contribution in [0.2, 0.25) is 0 Å². The topological polar surface area (TPSA) is 67.7 Å². The van der Waals surface area contributed by atoms with Gasteiger partial charge in [-0.15, -0.1) is 0 Å². The lowest BCUT2D eigenvalue weighted by atomic mass is 9.83. The first-order valence-corrected chi connectivity index (χ1v) is 9.85. The molecule has 2 amide bonds. The average molecular weight is 418 g/mol. The first-order chi connectivity index (χ1) is 14.2. The number of benzene rings is 1. The Labute approximate surface area is 173 Å². The third kappa shape index (κ3) is 3.47. The highest BCUT2D eigenvalue weighted by Gasteiger charge is 2.43. The van der Waals surface area contributed by atoms with Crippen LogP contribution in [-0.4, -0.2) is 64.2 Å². The lowest BCUT2D eigenvalue weighted by Crippen LogP contribution is -2.51. The summed E-state index contributed by atoms with van der Waals surface area (Å²) in [7, 11) is 5.18. The lowest BCUT2D eigenvalue weighted by molar-refractivity contribution is -0.0990. The first kappa shape index (κ1) is 20.5. The Morgan fingerprint density at radius 1 is 1.20 bits per heavy atom. The second kappa shape index (κ2) is 7.46. The number of aromatic nitrogens is 2. The number of halogens is 2. The number of hydrogen-bond acceptors (Lipinski definition) is 4. The van der Waals surface area contributed by atoms with Crippen molar-refractivity contribution < 1.29 is 23.1 Å². The number of likely N-dealkylation sites (tertiary alicyclic amines) is 1. The van der Waals surface area contributed by atoms with Gasteiger partial charge in [-0.1, -0.05) is 0 Å². The zero-order valence-electron chi connectivity index (χ0n) is 17.2. The van der Waals surface area contributed by atoms with Gasteiger partial charge in [-0.2, -0.15) is 5.10 Å². The van der Waals surface area contributed by atoms with E-state index < -0.39 is 23.1 Å². The zero-order chi connectivity index (χ0) is 21.6. The predicted octanol–water partition coefficient (Wildman–Crippen LogP) is 2.15. The van der Waals surface area contributed by atoms with E-state index >= 15 is 0 Å². The molecule has 0 N–H and O–H groups in total. The number of fused-ring (bicyclic) bond motifs is 1. The number of rotatable bonds is 2. The van der Waals surface area contributed by atoms with Gasteiger partial charge in [0.05, 0.1) is 17.8 Å². The molecule has 7 nitrogen and oxygen atoms in total. The van der Waals surface area contributed by atoms with Gasteiger partial charge in [-0.25, -0.2) is 8.78 Å². The minimum atomic E-state index is -0.729. The number of aryl methyl sites for hydroxylation is 1. The van der Waals surface area contributed by atoms with E-state index in [-0.39, 0.29) is 18.1 Å². The highest BCUT2D eigenvalue weighted by molar-refractivity contribution is 5.95. The summed E-state index contributed by atoms with van der Waals surface area (Å²) in [5.74, 6) is -2.05. The van der Waals surface area contributed by atoms with Gasteiger partial charge in [0.1, 0.15) is 11.6 Å². The SMILES string of the molecule is CN(C)C(=O)c1nn(C)c2c1COC1(CCN(C(=O)c3cc(F)ccc3F)CC1)C2. The Morgan fingerprint density at radius 2 is 1.90 bits per heavy atom. The second-order valence-electron chi connectivity index (χ2n) is 8.16. The standard InChI is InChI=1S/C21H24F2N4O3/c1-25(2)20(29)18-15-12-30-21(11-17(15)26(3)24-18)6-8-27(9-7-21)19(28)14-10-13(22)4-5-16(14)23/h4-5,10H,6-9,11-12H2,1-3H3. The average Bonchev–Trinajstić information content (AvgIpc) is 3.05. The number of hydrogen-bond donors (Lipinski definition) is 0. The molecular weight excluding hydrogens is 394 g/mol. The maximum absolute atomic E-state index is 14.0. The molecule has 1 aromatic carbocycles. The van der Waals surface area contributed by atoms with Crippen LogP contribution in [0.4, 0.5) is 8.78 Å². The first-order valence-electron chi connectivity index (χ1n) is 9.85. The molecule has 0 aliphatic carbocycles. The van der Waals surface area contributed by atoms with Crippen molar-refractivity contribution in [1.82, 2.24) is 19.6 Å². The van der Waals surface area contributed by atoms with Crippen LogP contribution in [0.3, 0.4) is 0 Å². The molecule has 2 aliphatic heterocycles. The van der Waals surface area contributed by atoms with Gasteiger partial charge in [-0.05, 0) is 31.0 Å². The predicted molar refractivity (Wildman–Crippen MR) is 104 cm³/mol. The van der Waals surface area contributed by atoms with Crippen molar-refractivity contribution in [3.63, 3.8) is 0 Å². The van der Waals surface area contributed by atoms with E-state index in [1.54, 1.807) is 18.8 Å². The summed E-state index contributed by atoms with van der Waals surface area (Å²) in [5, 5.41) is 4.40. The summed E-state index contributed by atoms with van der Waals surface area (Å²) in [6.45, 7) is 1.04. The minimum absolute atomic E-state index is 0.163. The molecule has 1 fully saturated rings. The number of carbonyl (C=O) groups excluding carboxylic acids is 2. The van der Waals surface area contributed by atoms with Gasteiger partial charge < -0.3 is 14.5 Å². The lowest BCUT2D eigenvalue weighted by Gasteiger charge is -2.43. The quantitative estimate of drug-likeness (QED) is 0.750. The number of ether oxygens (including phenoxy) is 1. The van der Waals surface area contributed by atoms with Crippen molar-refractivity contribution in [1.29, 1.82) is 0 Å². The van der Waals surface area contributed by atoms with Crippen molar-refractivity contribution in [2.24, 2.45) is 7.05 Å². The summed E-state index contributed by atoms with van der Waals surface area (Å²) < 4.78 is 35.4. The van der Waals surface area contributed by atoms with Crippen molar-refractivity contribution in [3.8, 4) is 0 Å². The van der Waals surface area contributed by atoms with Crippen LogP contribution in [0.25, 0.3) is 0 Å². The Balaban J connectivity index is 1.49. The van der Waals surface area contributed by atoms with Crippen molar-refractivity contribution in [3.05, 3.63) is 52.3 Å². The molecule has 9 heteroatoms. The van der Waals surface area contributed by atoms with Gasteiger partial charge in [0.2, 0.25) is 0 Å². The van der Waals surface area contributed by atoms with Crippen LogP contribution < -0.4 is 0 Å². The number of piperidine rings is 1. The highest BCUT2D eigenvalue weighted by Crippen LogP contribution is 2.37. The maximum atomic E-state index is 14.0. The Morgan fingerprint density at radius 3 is 2.57 bits per heavy atom. The maximum Gasteiger partial charge on any atom is 0.274 e. The van der Waals surface area contributed by atoms with E-state index in [4.69, 9.17) is 4.74 Å². The van der Waals surface area contributed by atoms with E-state index in [2.05, 4.69) is 5.10 Å². The summed E-state index contributed by atoms with van der Waals surface area (Å²) in [6.07, 6.45) is 1.72. The molecule has 0 radical (unpaired) electrons. The van der Waals surface area contributed by atoms with Gasteiger partial charge in [0.25, 0.3) is 11.8 Å². The molecule has 30 heavy (non-hydrogen) atoms. The third-order valence-corrected chi connectivity index (χ3v) is 6.02. The minimum Gasteiger partial charge on any atom is -0.370 e. The molecule has 0 atom stereocenters. The summed E-state index contributed by atoms with van der Waals surface area (Å²) in [6, 6.07) is 2.90. The largest absolute Gasteiger partial charge is 0.370 e. The fraction of sp³-hybridized carbons (Fsp3) is 0.476. The molecule has 1 spiro atoms. The molecule has 2 aromatic rings. The van der Waals surface area contributed by atoms with Gasteiger partial charge in [0.15, 0.2) is 5.69 Å². The van der Waals surface area contributed by atoms with Crippen molar-refractivity contribution >= 4 is 11.8 Å². The second-order valence-corrected chi connectivity index (χ2v) is 8.16. The Hall–Kier alpha value is -2.81. The van der Waals surface area contributed by atoms with Crippen LogP contribution in [0.1, 0.15) is 44.9 Å². The number of nitrogens with zero attached hydrogens (tertiary/aromatic N) is 4. The highest BCUT2D eigenvalue weighted by atomic mass is 19.1. The monoisotopic (exact) mass is 418 g/mol. The van der Waals surface area contributed by atoms with E-state index in [9.17, 15) is 18.4 Å². The zero-order valence-corrected chi connectivity index (χ0v) is 17.2. The number of carbonyl (C=O) groups is 2. The van der Waals surface area contributed by atoms with Crippen LogP contribution in [0, 0.1) is 11.6 Å². The van der Waals surface area contributed by atoms with E-state index in [0.717, 1.165) is 29.5 Å². The smallest absolute Gasteiger partial charge is 0.274 e. The molecule has 0 unspecified atom stereocenters. The van der Waals surface area contributed by atoms with Crippen LogP contribution >= 0.6 is 0 Å². The normalized spacial score (nSPS) is 17.7. The van der Waals surface area contributed by atoms with Crippen molar-refractivity contribution in [2.45, 2.75) is 31.5 Å². The molecule has 0 bridgehead atoms. The van der Waals surface area contributed by atoms with Gasteiger partial charge in [0, 0.05) is 51.9 Å². The van der Waals surface area contributed by atoms with E-state index in [1.165, 1.54) is 9.80 Å². The summed E-state index contributed by atoms with van der Waals surface area (Å²) in [5.41, 5.74) is 1.46. The molecule has 1 aromatic heterocycles. The fourth-order valence-corrected chi connectivity index (χ4v) is 4.21. The van der Waals surface area contributed by atoms with Crippen LogP contribution in [-0.2, 0) is 24.8 Å². The fourth-order valence-electron chi connectivity index (χ4n) is 4.21. The molecule has 2 aliphatic rings. The Bertz CT molecular complexity index is 1010. The van der Waals surface area contributed by atoms with Gasteiger partial charge in [-0.3, -0.25) is 14.3 Å². The van der Waals surface area contributed by atoms with Gasteiger partial charge >= 0.3 is 0 Å². The van der Waals surface area contributed by atoms with E-state index in [1.807, 2.05) is 7.05 Å². The van der Waals surface area contributed by atoms with Crippen molar-refractivity contribution in [2.75, 3.05) is 27.2 Å². The summed E-state index contributed by atoms with van der Waals surface area (Å²) >= 11 is 0. The molecule has 1 saturated heterocycles. The number of amides is 2. The van der Waals surface area contributed by atoms with E-state index in [0.29, 0.717) is 38.0 Å². The third-order valence-electron chi connectivity index (χ3n) is 6.02. The van der Waals surface area contributed by atoms with Crippen LogP contribution in [0.5, 0.6) is 0 Å². The summed E-state index contributed by atoms with van der Waals surface area (Å²) in [4.78, 5) is 28.1. The molecule has 0 saturated carbocycles. The molecule has 4 rings (SSSR count). The molecule has 3 heterocycles. The molecule has 160 valence electrons.